The molecule has 0 radical (unpaired) electrons. The largest absolute Gasteiger partial charge is 0.334 e. The lowest BCUT2D eigenvalue weighted by molar-refractivity contribution is -0.138. The highest BCUT2D eigenvalue weighted by Gasteiger charge is 2.33. The second-order valence-electron chi connectivity index (χ2n) is 5.72. The number of hydrogen-bond donors (Lipinski definition) is 1. The molecule has 2 saturated heterocycles. The summed E-state index contributed by atoms with van der Waals surface area (Å²) in [6.45, 7) is 2.73. The maximum Gasteiger partial charge on any atom is 0.227 e. The predicted octanol–water partition coefficient (Wildman–Crippen LogP) is 2.96. The SMILES string of the molecule is O=C(C1CCCNC1)N1CCSCC1c1ccc(Cl)cc1. The van der Waals surface area contributed by atoms with Crippen molar-refractivity contribution in [1.29, 1.82) is 0 Å². The van der Waals surface area contributed by atoms with Crippen LogP contribution in [-0.4, -0.2) is 41.9 Å². The van der Waals surface area contributed by atoms with E-state index >= 15 is 0 Å². The number of nitrogens with zero attached hydrogens (tertiary/aromatic N) is 1. The third kappa shape index (κ3) is 3.55. The van der Waals surface area contributed by atoms with Crippen molar-refractivity contribution in [2.24, 2.45) is 5.92 Å². The first-order valence-electron chi connectivity index (χ1n) is 7.60. The van der Waals surface area contributed by atoms with E-state index in [1.165, 1.54) is 5.56 Å². The van der Waals surface area contributed by atoms with Crippen molar-refractivity contribution in [3.05, 3.63) is 34.9 Å². The van der Waals surface area contributed by atoms with E-state index in [1.807, 2.05) is 23.9 Å². The smallest absolute Gasteiger partial charge is 0.227 e. The number of hydrogen-bond acceptors (Lipinski definition) is 3. The molecular weight excluding hydrogens is 304 g/mol. The molecule has 1 aromatic carbocycles. The Morgan fingerprint density at radius 1 is 1.33 bits per heavy atom. The van der Waals surface area contributed by atoms with Crippen molar-refractivity contribution in [2.45, 2.75) is 18.9 Å². The molecule has 2 atom stereocenters. The van der Waals surface area contributed by atoms with Crippen molar-refractivity contribution in [1.82, 2.24) is 10.2 Å². The fourth-order valence-electron chi connectivity index (χ4n) is 3.13. The Labute approximate surface area is 135 Å². The summed E-state index contributed by atoms with van der Waals surface area (Å²) in [5, 5.41) is 4.09. The van der Waals surface area contributed by atoms with Crippen LogP contribution in [0.3, 0.4) is 0 Å². The minimum absolute atomic E-state index is 0.150. The Bertz CT molecular complexity index is 488. The molecule has 0 bridgehead atoms. The summed E-state index contributed by atoms with van der Waals surface area (Å²) >= 11 is 7.90. The van der Waals surface area contributed by atoms with Gasteiger partial charge < -0.3 is 10.2 Å². The molecule has 114 valence electrons. The zero-order valence-corrected chi connectivity index (χ0v) is 13.6. The average molecular weight is 325 g/mol. The molecule has 1 aromatic rings. The lowest BCUT2D eigenvalue weighted by Crippen LogP contribution is -2.47. The number of carbonyl (C=O) groups is 1. The summed E-state index contributed by atoms with van der Waals surface area (Å²) in [4.78, 5) is 14.9. The summed E-state index contributed by atoms with van der Waals surface area (Å²) in [6.07, 6.45) is 2.12. The molecule has 2 fully saturated rings. The average Bonchev–Trinajstić information content (AvgIpc) is 2.56. The van der Waals surface area contributed by atoms with Crippen molar-refractivity contribution >= 4 is 29.3 Å². The number of rotatable bonds is 2. The van der Waals surface area contributed by atoms with E-state index in [0.717, 1.165) is 49.0 Å². The van der Waals surface area contributed by atoms with Gasteiger partial charge in [0.2, 0.25) is 5.91 Å². The van der Waals surface area contributed by atoms with Gasteiger partial charge in [-0.1, -0.05) is 23.7 Å². The standard InChI is InChI=1S/C16H21ClN2OS/c17-14-5-3-12(4-6-14)15-11-21-9-8-19(15)16(20)13-2-1-7-18-10-13/h3-6,13,15,18H,1-2,7-11H2. The Hall–Kier alpha value is -0.710. The maximum atomic E-state index is 12.9. The lowest BCUT2D eigenvalue weighted by atomic mass is 9.96. The molecule has 1 N–H and O–H groups in total. The van der Waals surface area contributed by atoms with Crippen molar-refractivity contribution < 1.29 is 4.79 Å². The summed E-state index contributed by atoms with van der Waals surface area (Å²) in [6, 6.07) is 8.13. The first kappa shape index (κ1) is 15.2. The molecule has 0 aromatic heterocycles. The van der Waals surface area contributed by atoms with Crippen LogP contribution in [0.1, 0.15) is 24.4 Å². The lowest BCUT2D eigenvalue weighted by Gasteiger charge is -2.38. The quantitative estimate of drug-likeness (QED) is 0.907. The summed E-state index contributed by atoms with van der Waals surface area (Å²) in [5.74, 6) is 2.49. The van der Waals surface area contributed by atoms with Crippen molar-refractivity contribution in [3.63, 3.8) is 0 Å². The Kier molecular flexibility index (Phi) is 5.09. The van der Waals surface area contributed by atoms with Gasteiger partial charge in [0.25, 0.3) is 0 Å². The molecule has 21 heavy (non-hydrogen) atoms. The van der Waals surface area contributed by atoms with Gasteiger partial charge in [-0.3, -0.25) is 4.79 Å². The van der Waals surface area contributed by atoms with Gasteiger partial charge in [-0.2, -0.15) is 11.8 Å². The zero-order valence-electron chi connectivity index (χ0n) is 12.1. The first-order valence-corrected chi connectivity index (χ1v) is 9.13. The molecule has 0 aliphatic carbocycles. The van der Waals surface area contributed by atoms with Crippen LogP contribution in [-0.2, 0) is 4.79 Å². The maximum absolute atomic E-state index is 12.9. The number of carbonyl (C=O) groups excluding carboxylic acids is 1. The predicted molar refractivity (Wildman–Crippen MR) is 88.8 cm³/mol. The molecule has 5 heteroatoms. The van der Waals surface area contributed by atoms with Crippen LogP contribution >= 0.6 is 23.4 Å². The van der Waals surface area contributed by atoms with Crippen LogP contribution in [0.4, 0.5) is 0 Å². The fourth-order valence-corrected chi connectivity index (χ4v) is 4.34. The highest BCUT2D eigenvalue weighted by Crippen LogP contribution is 2.32. The molecule has 0 spiro atoms. The van der Waals surface area contributed by atoms with E-state index < -0.39 is 0 Å². The Morgan fingerprint density at radius 2 is 2.14 bits per heavy atom. The van der Waals surface area contributed by atoms with Crippen LogP contribution in [0.2, 0.25) is 5.02 Å². The summed E-state index contributed by atoms with van der Waals surface area (Å²) in [5.41, 5.74) is 1.20. The van der Waals surface area contributed by atoms with Gasteiger partial charge in [0.05, 0.1) is 12.0 Å². The van der Waals surface area contributed by atoms with Crippen LogP contribution in [0.15, 0.2) is 24.3 Å². The third-order valence-electron chi connectivity index (χ3n) is 4.31. The van der Waals surface area contributed by atoms with Crippen LogP contribution < -0.4 is 5.32 Å². The molecule has 3 rings (SSSR count). The number of amides is 1. The van der Waals surface area contributed by atoms with Gasteiger partial charge >= 0.3 is 0 Å². The minimum atomic E-state index is 0.150. The normalized spacial score (nSPS) is 26.6. The van der Waals surface area contributed by atoms with Gasteiger partial charge in [-0.15, -0.1) is 0 Å². The van der Waals surface area contributed by atoms with Crippen molar-refractivity contribution in [2.75, 3.05) is 31.1 Å². The highest BCUT2D eigenvalue weighted by atomic mass is 35.5. The van der Waals surface area contributed by atoms with Gasteiger partial charge in [0.1, 0.15) is 0 Å². The van der Waals surface area contributed by atoms with E-state index in [4.69, 9.17) is 11.6 Å². The van der Waals surface area contributed by atoms with Gasteiger partial charge in [-0.05, 0) is 37.1 Å². The van der Waals surface area contributed by atoms with E-state index in [9.17, 15) is 4.79 Å². The molecule has 1 amide bonds. The van der Waals surface area contributed by atoms with E-state index in [1.54, 1.807) is 0 Å². The second-order valence-corrected chi connectivity index (χ2v) is 7.30. The Balaban J connectivity index is 1.77. The van der Waals surface area contributed by atoms with Gasteiger partial charge in [0.15, 0.2) is 0 Å². The molecule has 0 saturated carbocycles. The summed E-state index contributed by atoms with van der Waals surface area (Å²) in [7, 11) is 0. The molecule has 3 nitrogen and oxygen atoms in total. The summed E-state index contributed by atoms with van der Waals surface area (Å²) < 4.78 is 0. The first-order chi connectivity index (χ1) is 10.3. The molecule has 2 aliphatic heterocycles. The van der Waals surface area contributed by atoms with Crippen LogP contribution in [0.25, 0.3) is 0 Å². The van der Waals surface area contributed by atoms with Crippen LogP contribution in [0, 0.1) is 5.92 Å². The molecule has 2 unspecified atom stereocenters. The van der Waals surface area contributed by atoms with E-state index in [-0.39, 0.29) is 12.0 Å². The van der Waals surface area contributed by atoms with E-state index in [2.05, 4.69) is 22.3 Å². The zero-order chi connectivity index (χ0) is 14.7. The molecule has 2 heterocycles. The minimum Gasteiger partial charge on any atom is -0.334 e. The number of thioether (sulfide) groups is 1. The monoisotopic (exact) mass is 324 g/mol. The van der Waals surface area contributed by atoms with Crippen molar-refractivity contribution in [3.8, 4) is 0 Å². The van der Waals surface area contributed by atoms with Gasteiger partial charge in [0, 0.05) is 29.6 Å². The highest BCUT2D eigenvalue weighted by molar-refractivity contribution is 7.99. The number of halogens is 1. The second kappa shape index (κ2) is 7.03. The Morgan fingerprint density at radius 3 is 2.86 bits per heavy atom. The van der Waals surface area contributed by atoms with Crippen LogP contribution in [0.5, 0.6) is 0 Å². The molecular formula is C16H21ClN2OS. The van der Waals surface area contributed by atoms with E-state index in [0.29, 0.717) is 5.91 Å². The number of benzene rings is 1. The topological polar surface area (TPSA) is 32.3 Å². The number of nitrogens with one attached hydrogen (secondary N) is 1. The van der Waals surface area contributed by atoms with Gasteiger partial charge in [-0.25, -0.2) is 0 Å². The molecule has 2 aliphatic rings. The third-order valence-corrected chi connectivity index (χ3v) is 5.59. The fraction of sp³-hybridized carbons (Fsp3) is 0.562. The number of piperidine rings is 1.